The van der Waals surface area contributed by atoms with Crippen molar-refractivity contribution in [3.63, 3.8) is 0 Å². The number of benzene rings is 1. The van der Waals surface area contributed by atoms with E-state index in [2.05, 4.69) is 35.3 Å². The van der Waals surface area contributed by atoms with Crippen LogP contribution in [-0.2, 0) is 14.9 Å². The first kappa shape index (κ1) is 15.2. The lowest BCUT2D eigenvalue weighted by Gasteiger charge is -2.60. The van der Waals surface area contributed by atoms with Crippen LogP contribution >= 0.6 is 0 Å². The maximum absolute atomic E-state index is 13.2. The first-order valence-electron chi connectivity index (χ1n) is 9.64. The molecule has 5 bridgehead atoms. The molecule has 5 heterocycles. The van der Waals surface area contributed by atoms with Crippen molar-refractivity contribution in [2.24, 2.45) is 11.3 Å². The van der Waals surface area contributed by atoms with Crippen molar-refractivity contribution in [3.8, 4) is 0 Å². The minimum Gasteiger partial charge on any atom is -0.468 e. The van der Waals surface area contributed by atoms with Crippen LogP contribution in [0.15, 0.2) is 35.9 Å². The molecule has 0 aromatic heterocycles. The molecule has 136 valence electrons. The van der Waals surface area contributed by atoms with Gasteiger partial charge in [-0.15, -0.1) is 0 Å². The summed E-state index contributed by atoms with van der Waals surface area (Å²) in [5.41, 5.74) is 2.34. The van der Waals surface area contributed by atoms with Crippen LogP contribution in [0.25, 0.3) is 0 Å². The Morgan fingerprint density at radius 3 is 3.00 bits per heavy atom. The molecular formula is C21H24N2O3. The Balaban J connectivity index is 1.65. The van der Waals surface area contributed by atoms with Crippen LogP contribution in [0.4, 0.5) is 5.69 Å². The van der Waals surface area contributed by atoms with Crippen molar-refractivity contribution in [1.82, 2.24) is 4.90 Å². The van der Waals surface area contributed by atoms with Gasteiger partial charge in [0.1, 0.15) is 5.41 Å². The minimum atomic E-state index is -0.848. The first-order chi connectivity index (χ1) is 12.6. The van der Waals surface area contributed by atoms with E-state index in [1.54, 1.807) is 0 Å². The molecular weight excluding hydrogens is 328 g/mol. The molecule has 5 fully saturated rings. The monoisotopic (exact) mass is 352 g/mol. The Bertz CT molecular complexity index is 867. The maximum atomic E-state index is 13.2. The predicted molar refractivity (Wildman–Crippen MR) is 96.7 cm³/mol. The molecule has 1 aliphatic carbocycles. The fourth-order valence-corrected chi connectivity index (χ4v) is 7.49. The molecule has 1 saturated carbocycles. The smallest absolute Gasteiger partial charge is 0.316 e. The molecule has 7 rings (SSSR count). The number of esters is 1. The predicted octanol–water partition coefficient (Wildman–Crippen LogP) is 1.68. The van der Waals surface area contributed by atoms with Crippen LogP contribution in [0, 0.1) is 11.3 Å². The van der Waals surface area contributed by atoms with Gasteiger partial charge in [-0.1, -0.05) is 29.8 Å². The molecule has 5 aliphatic heterocycles. The van der Waals surface area contributed by atoms with Gasteiger partial charge in [-0.2, -0.15) is 0 Å². The fourth-order valence-electron chi connectivity index (χ4n) is 7.49. The normalized spacial score (nSPS) is 50.5. The Hall–Kier alpha value is -1.85. The zero-order valence-corrected chi connectivity index (χ0v) is 15.1. The van der Waals surface area contributed by atoms with E-state index < -0.39 is 16.9 Å². The number of piperidine rings is 4. The van der Waals surface area contributed by atoms with Crippen LogP contribution in [0.2, 0.25) is 0 Å². The topological polar surface area (TPSA) is 61.8 Å². The van der Waals surface area contributed by atoms with Crippen LogP contribution < -0.4 is 5.32 Å². The summed E-state index contributed by atoms with van der Waals surface area (Å²) < 4.78 is 5.34. The molecule has 8 atom stereocenters. The van der Waals surface area contributed by atoms with Gasteiger partial charge in [0.15, 0.2) is 0 Å². The molecule has 0 amide bonds. The highest BCUT2D eigenvalue weighted by molar-refractivity contribution is 5.84. The third-order valence-electron chi connectivity index (χ3n) is 8.30. The number of fused-ring (bicyclic) bond motifs is 2. The molecule has 5 nitrogen and oxygen atoms in total. The summed E-state index contributed by atoms with van der Waals surface area (Å²) in [5.74, 6) is -0.154. The summed E-state index contributed by atoms with van der Waals surface area (Å²) in [4.78, 5) is 15.7. The summed E-state index contributed by atoms with van der Waals surface area (Å²) in [6, 6.07) is 8.89. The summed E-state index contributed by atoms with van der Waals surface area (Å²) in [6.07, 6.45) is 3.15. The molecule has 4 saturated heterocycles. The quantitative estimate of drug-likeness (QED) is 0.595. The van der Waals surface area contributed by atoms with Crippen molar-refractivity contribution in [2.45, 2.75) is 49.4 Å². The number of hydrogen-bond acceptors (Lipinski definition) is 5. The number of ether oxygens (including phenoxy) is 1. The van der Waals surface area contributed by atoms with Crippen molar-refractivity contribution in [1.29, 1.82) is 0 Å². The number of anilines is 1. The molecule has 1 aromatic rings. The highest BCUT2D eigenvalue weighted by Crippen LogP contribution is 2.71. The Morgan fingerprint density at radius 1 is 1.42 bits per heavy atom. The number of nitrogens with zero attached hydrogens (tertiary/aromatic N) is 1. The van der Waals surface area contributed by atoms with E-state index in [4.69, 9.17) is 4.74 Å². The van der Waals surface area contributed by atoms with Crippen LogP contribution in [0.3, 0.4) is 0 Å². The highest BCUT2D eigenvalue weighted by atomic mass is 16.5. The number of aliphatic hydroxyl groups excluding tert-OH is 1. The third kappa shape index (κ3) is 1.28. The number of aliphatic hydroxyl groups is 1. The van der Waals surface area contributed by atoms with Crippen molar-refractivity contribution >= 4 is 11.7 Å². The largest absolute Gasteiger partial charge is 0.468 e. The van der Waals surface area contributed by atoms with Gasteiger partial charge in [-0.05, 0) is 31.4 Å². The molecule has 2 N–H and O–H groups in total. The summed E-state index contributed by atoms with van der Waals surface area (Å²) >= 11 is 0. The van der Waals surface area contributed by atoms with Gasteiger partial charge in [0.05, 0.1) is 19.3 Å². The number of rotatable bonds is 1. The van der Waals surface area contributed by atoms with E-state index in [9.17, 15) is 9.90 Å². The van der Waals surface area contributed by atoms with Gasteiger partial charge >= 0.3 is 5.97 Å². The van der Waals surface area contributed by atoms with Gasteiger partial charge < -0.3 is 15.2 Å². The van der Waals surface area contributed by atoms with E-state index in [1.807, 2.05) is 12.1 Å². The second-order valence-corrected chi connectivity index (χ2v) is 8.65. The minimum absolute atomic E-state index is 0.0570. The highest BCUT2D eigenvalue weighted by Gasteiger charge is 2.82. The second kappa shape index (κ2) is 4.52. The molecule has 1 spiro atoms. The standard InChI is InChI=1S/C21H24N2O3/c1-3-11-10-23-15-8-13(11)21(19(25)26-2)16(23)9-20(18(21)24)12-6-4-5-7-14(12)22-17(15)20/h3-7,13,15-18,22,24H,8-10H2,1-2H3/b11-3-/t13?,15-,16?,17?,18-,20?,21?/m0/s1. The van der Waals surface area contributed by atoms with E-state index in [0.29, 0.717) is 6.04 Å². The number of carbonyl (C=O) groups is 1. The van der Waals surface area contributed by atoms with Gasteiger partial charge in [0.25, 0.3) is 0 Å². The van der Waals surface area contributed by atoms with E-state index in [-0.39, 0.29) is 24.0 Å². The average Bonchev–Trinajstić information content (AvgIpc) is 3.13. The number of methoxy groups -OCH3 is 1. The lowest BCUT2D eigenvalue weighted by Crippen LogP contribution is -2.71. The van der Waals surface area contributed by atoms with E-state index in [1.165, 1.54) is 18.2 Å². The average molecular weight is 352 g/mol. The SMILES string of the molecule is C/C=C1/CN2C3CC45c6ccccc6NC4[C@@H]2CC1C3(C(=O)OC)[C@H]5O. The fraction of sp³-hybridized carbons (Fsp3) is 0.571. The van der Waals surface area contributed by atoms with Gasteiger partial charge in [0, 0.05) is 35.6 Å². The lowest BCUT2D eigenvalue weighted by atomic mass is 9.58. The number of carbonyl (C=O) groups excluding carboxylic acids is 1. The number of para-hydroxylation sites is 1. The van der Waals surface area contributed by atoms with Crippen molar-refractivity contribution < 1.29 is 14.6 Å². The molecule has 6 unspecified atom stereocenters. The Labute approximate surface area is 153 Å². The molecule has 1 aromatic carbocycles. The molecule has 6 aliphatic rings. The zero-order chi connectivity index (χ0) is 17.8. The van der Waals surface area contributed by atoms with Crippen LogP contribution in [0.1, 0.15) is 25.3 Å². The molecule has 26 heavy (non-hydrogen) atoms. The van der Waals surface area contributed by atoms with Crippen LogP contribution in [0.5, 0.6) is 0 Å². The molecule has 0 radical (unpaired) electrons. The Morgan fingerprint density at radius 2 is 2.23 bits per heavy atom. The maximum Gasteiger partial charge on any atom is 0.316 e. The van der Waals surface area contributed by atoms with Gasteiger partial charge in [-0.25, -0.2) is 0 Å². The number of hydrogen-bond donors (Lipinski definition) is 2. The summed E-state index contributed by atoms with van der Waals surface area (Å²) in [7, 11) is 1.46. The van der Waals surface area contributed by atoms with E-state index in [0.717, 1.165) is 25.1 Å². The number of nitrogens with one attached hydrogen (secondary N) is 1. The van der Waals surface area contributed by atoms with Crippen molar-refractivity contribution in [3.05, 3.63) is 41.5 Å². The van der Waals surface area contributed by atoms with Gasteiger partial charge in [-0.3, -0.25) is 9.69 Å². The Kier molecular flexibility index (Phi) is 2.65. The van der Waals surface area contributed by atoms with Crippen LogP contribution in [-0.4, -0.2) is 53.9 Å². The zero-order valence-electron chi connectivity index (χ0n) is 15.1. The van der Waals surface area contributed by atoms with E-state index >= 15 is 0 Å². The summed E-state index contributed by atoms with van der Waals surface area (Å²) in [5, 5.41) is 15.6. The summed E-state index contributed by atoms with van der Waals surface area (Å²) in [6.45, 7) is 2.96. The lowest BCUT2D eigenvalue weighted by molar-refractivity contribution is -0.179. The molecule has 5 heteroatoms. The third-order valence-corrected chi connectivity index (χ3v) is 8.30. The van der Waals surface area contributed by atoms with Crippen molar-refractivity contribution in [2.75, 3.05) is 19.0 Å². The number of allylic oxidation sites excluding steroid dienone is 1. The first-order valence-corrected chi connectivity index (χ1v) is 9.64. The van der Waals surface area contributed by atoms with Gasteiger partial charge in [0.2, 0.25) is 0 Å². The second-order valence-electron chi connectivity index (χ2n) is 8.65.